The Balaban J connectivity index is 2.14. The summed E-state index contributed by atoms with van der Waals surface area (Å²) in [7, 11) is 0. The first kappa shape index (κ1) is 15.8. The first-order valence-corrected chi connectivity index (χ1v) is 7.55. The zero-order valence-electron chi connectivity index (χ0n) is 11.3. The zero-order valence-corrected chi connectivity index (χ0v) is 13.6. The van der Waals surface area contributed by atoms with Gasteiger partial charge in [-0.05, 0) is 42.3 Å². The standard InChI is InChI=1S/C15H13BrClNO3/c1-10-6-13(16)7-12(8-17)15(10)21-9-11-2-4-14(5-3-11)18(19)20/h2-7H,8-9H2,1H3. The fourth-order valence-corrected chi connectivity index (χ4v) is 2.79. The van der Waals surface area contributed by atoms with Gasteiger partial charge in [0.1, 0.15) is 12.4 Å². The highest BCUT2D eigenvalue weighted by atomic mass is 79.9. The molecule has 0 N–H and O–H groups in total. The minimum Gasteiger partial charge on any atom is -0.488 e. The van der Waals surface area contributed by atoms with Crippen molar-refractivity contribution in [2.24, 2.45) is 0 Å². The van der Waals surface area contributed by atoms with Crippen LogP contribution in [0.5, 0.6) is 5.75 Å². The summed E-state index contributed by atoms with van der Waals surface area (Å²) >= 11 is 9.37. The molecule has 6 heteroatoms. The first-order valence-electron chi connectivity index (χ1n) is 6.22. The largest absolute Gasteiger partial charge is 0.488 e. The predicted molar refractivity (Wildman–Crippen MR) is 85.9 cm³/mol. The molecule has 0 aliphatic rings. The molecule has 0 aliphatic heterocycles. The Morgan fingerprint density at radius 3 is 2.52 bits per heavy atom. The number of ether oxygens (including phenoxy) is 1. The van der Waals surface area contributed by atoms with Crippen molar-refractivity contribution >= 4 is 33.2 Å². The van der Waals surface area contributed by atoms with E-state index >= 15 is 0 Å². The van der Waals surface area contributed by atoms with E-state index in [2.05, 4.69) is 15.9 Å². The molecule has 2 aromatic carbocycles. The van der Waals surface area contributed by atoms with Crippen molar-refractivity contribution in [1.82, 2.24) is 0 Å². The van der Waals surface area contributed by atoms with Crippen LogP contribution in [-0.2, 0) is 12.5 Å². The van der Waals surface area contributed by atoms with Gasteiger partial charge in [0.15, 0.2) is 0 Å². The third-order valence-corrected chi connectivity index (χ3v) is 3.74. The molecule has 0 saturated carbocycles. The van der Waals surface area contributed by atoms with Crippen LogP contribution in [-0.4, -0.2) is 4.92 Å². The van der Waals surface area contributed by atoms with E-state index in [1.165, 1.54) is 12.1 Å². The maximum Gasteiger partial charge on any atom is 0.269 e. The minimum atomic E-state index is -0.422. The second-order valence-corrected chi connectivity index (χ2v) is 5.74. The summed E-state index contributed by atoms with van der Waals surface area (Å²) in [5.74, 6) is 1.11. The smallest absolute Gasteiger partial charge is 0.269 e. The summed E-state index contributed by atoms with van der Waals surface area (Å²) in [5.41, 5.74) is 2.83. The van der Waals surface area contributed by atoms with Crippen LogP contribution < -0.4 is 4.74 Å². The van der Waals surface area contributed by atoms with Gasteiger partial charge in [-0.1, -0.05) is 15.9 Å². The highest BCUT2D eigenvalue weighted by Gasteiger charge is 2.09. The summed E-state index contributed by atoms with van der Waals surface area (Å²) in [4.78, 5) is 10.2. The van der Waals surface area contributed by atoms with Crippen molar-refractivity contribution in [3.63, 3.8) is 0 Å². The molecule has 4 nitrogen and oxygen atoms in total. The Morgan fingerprint density at radius 2 is 1.95 bits per heavy atom. The Hall–Kier alpha value is -1.59. The molecular weight excluding hydrogens is 358 g/mol. The van der Waals surface area contributed by atoms with Crippen LogP contribution in [0.25, 0.3) is 0 Å². The molecule has 0 fully saturated rings. The van der Waals surface area contributed by atoms with Gasteiger partial charge in [0.2, 0.25) is 0 Å². The number of halogens is 2. The molecule has 0 bridgehead atoms. The topological polar surface area (TPSA) is 52.4 Å². The van der Waals surface area contributed by atoms with Gasteiger partial charge in [0.05, 0.1) is 10.8 Å². The lowest BCUT2D eigenvalue weighted by Gasteiger charge is -2.13. The summed E-state index contributed by atoms with van der Waals surface area (Å²) in [6.45, 7) is 2.29. The number of nitrogens with zero attached hydrogens (tertiary/aromatic N) is 1. The second kappa shape index (κ2) is 6.91. The van der Waals surface area contributed by atoms with Gasteiger partial charge < -0.3 is 4.74 Å². The van der Waals surface area contributed by atoms with Crippen molar-refractivity contribution in [1.29, 1.82) is 0 Å². The van der Waals surface area contributed by atoms with Crippen LogP contribution in [0, 0.1) is 17.0 Å². The molecule has 2 rings (SSSR count). The molecule has 0 heterocycles. The van der Waals surface area contributed by atoms with Crippen molar-refractivity contribution in [3.05, 3.63) is 67.7 Å². The third kappa shape index (κ3) is 3.95. The second-order valence-electron chi connectivity index (χ2n) is 4.56. The zero-order chi connectivity index (χ0) is 15.4. The monoisotopic (exact) mass is 369 g/mol. The lowest BCUT2D eigenvalue weighted by atomic mass is 10.1. The van der Waals surface area contributed by atoms with E-state index in [9.17, 15) is 10.1 Å². The molecule has 0 atom stereocenters. The number of benzene rings is 2. The van der Waals surface area contributed by atoms with Gasteiger partial charge in [0, 0.05) is 22.2 Å². The summed E-state index contributed by atoms with van der Waals surface area (Å²) in [5, 5.41) is 10.6. The fourth-order valence-electron chi connectivity index (χ4n) is 1.97. The molecule has 21 heavy (non-hydrogen) atoms. The molecule has 0 aromatic heterocycles. The Labute approximate surface area is 136 Å². The molecule has 0 spiro atoms. The average molecular weight is 371 g/mol. The number of hydrogen-bond donors (Lipinski definition) is 0. The fraction of sp³-hybridized carbons (Fsp3) is 0.200. The van der Waals surface area contributed by atoms with Gasteiger partial charge in [-0.15, -0.1) is 11.6 Å². The van der Waals surface area contributed by atoms with E-state index in [0.29, 0.717) is 12.5 Å². The SMILES string of the molecule is Cc1cc(Br)cc(CCl)c1OCc1ccc([N+](=O)[O-])cc1. The van der Waals surface area contributed by atoms with Crippen LogP contribution in [0.2, 0.25) is 0 Å². The number of aryl methyl sites for hydroxylation is 1. The normalized spacial score (nSPS) is 10.4. The van der Waals surface area contributed by atoms with Crippen LogP contribution in [0.1, 0.15) is 16.7 Å². The van der Waals surface area contributed by atoms with Crippen molar-refractivity contribution in [3.8, 4) is 5.75 Å². The van der Waals surface area contributed by atoms with Crippen molar-refractivity contribution in [2.75, 3.05) is 0 Å². The van der Waals surface area contributed by atoms with Gasteiger partial charge >= 0.3 is 0 Å². The van der Waals surface area contributed by atoms with Gasteiger partial charge in [0.25, 0.3) is 5.69 Å². The molecule has 0 radical (unpaired) electrons. The number of nitro groups is 1. The molecule has 0 amide bonds. The number of nitro benzene ring substituents is 1. The highest BCUT2D eigenvalue weighted by molar-refractivity contribution is 9.10. The lowest BCUT2D eigenvalue weighted by Crippen LogP contribution is -2.00. The number of hydrogen-bond acceptors (Lipinski definition) is 3. The third-order valence-electron chi connectivity index (χ3n) is 2.99. The maximum atomic E-state index is 10.6. The van der Waals surface area contributed by atoms with Gasteiger partial charge in [-0.3, -0.25) is 10.1 Å². The molecule has 0 unspecified atom stereocenters. The minimum absolute atomic E-state index is 0.0695. The van der Waals surface area contributed by atoms with E-state index in [1.807, 2.05) is 19.1 Å². The maximum absolute atomic E-state index is 10.6. The van der Waals surface area contributed by atoms with E-state index in [1.54, 1.807) is 12.1 Å². The van der Waals surface area contributed by atoms with Crippen LogP contribution >= 0.6 is 27.5 Å². The number of alkyl halides is 1. The predicted octanol–water partition coefficient (Wildman–Crippen LogP) is 4.98. The molecule has 2 aromatic rings. The molecule has 0 aliphatic carbocycles. The Morgan fingerprint density at radius 1 is 1.29 bits per heavy atom. The summed E-state index contributed by atoms with van der Waals surface area (Å²) in [6.07, 6.45) is 0. The molecular formula is C15H13BrClNO3. The Kier molecular flexibility index (Phi) is 5.20. The van der Waals surface area contributed by atoms with E-state index in [0.717, 1.165) is 26.9 Å². The first-order chi connectivity index (χ1) is 10.0. The molecule has 0 saturated heterocycles. The van der Waals surface area contributed by atoms with Gasteiger partial charge in [-0.2, -0.15) is 0 Å². The summed E-state index contributed by atoms with van der Waals surface area (Å²) in [6, 6.07) is 10.2. The van der Waals surface area contributed by atoms with Crippen molar-refractivity contribution < 1.29 is 9.66 Å². The quantitative estimate of drug-likeness (QED) is 0.423. The van der Waals surface area contributed by atoms with E-state index < -0.39 is 4.92 Å². The van der Waals surface area contributed by atoms with E-state index in [4.69, 9.17) is 16.3 Å². The van der Waals surface area contributed by atoms with Gasteiger partial charge in [-0.25, -0.2) is 0 Å². The summed E-state index contributed by atoms with van der Waals surface area (Å²) < 4.78 is 6.78. The average Bonchev–Trinajstić information content (AvgIpc) is 2.46. The van der Waals surface area contributed by atoms with E-state index in [-0.39, 0.29) is 5.69 Å². The lowest BCUT2D eigenvalue weighted by molar-refractivity contribution is -0.384. The number of rotatable bonds is 5. The highest BCUT2D eigenvalue weighted by Crippen LogP contribution is 2.30. The van der Waals surface area contributed by atoms with Crippen LogP contribution in [0.3, 0.4) is 0 Å². The Bertz CT molecular complexity index is 659. The van der Waals surface area contributed by atoms with Crippen LogP contribution in [0.15, 0.2) is 40.9 Å². The molecule has 110 valence electrons. The number of non-ortho nitro benzene ring substituents is 1. The van der Waals surface area contributed by atoms with Crippen molar-refractivity contribution in [2.45, 2.75) is 19.4 Å². The van der Waals surface area contributed by atoms with Crippen LogP contribution in [0.4, 0.5) is 5.69 Å².